The Hall–Kier alpha value is -1.11. The van der Waals surface area contributed by atoms with E-state index in [0.717, 1.165) is 5.56 Å². The van der Waals surface area contributed by atoms with Crippen molar-refractivity contribution in [3.05, 3.63) is 28.8 Å². The predicted molar refractivity (Wildman–Crippen MR) is 81.5 cm³/mol. The number of halogens is 1. The van der Waals surface area contributed by atoms with E-state index in [1.54, 1.807) is 12.1 Å². The number of sulfonamides is 1. The lowest BCUT2D eigenvalue weighted by Crippen LogP contribution is -2.39. The molecule has 1 aliphatic carbocycles. The Morgan fingerprint density at radius 3 is 2.43 bits per heavy atom. The van der Waals surface area contributed by atoms with E-state index in [1.807, 2.05) is 6.92 Å². The molecule has 1 aliphatic rings. The van der Waals surface area contributed by atoms with Gasteiger partial charge in [0.1, 0.15) is 0 Å². The highest BCUT2D eigenvalue weighted by Gasteiger charge is 2.28. The average molecular weight is 331 g/mol. The lowest BCUT2D eigenvalue weighted by atomic mass is 9.86. The number of hydrogen-bond acceptors (Lipinski definition) is 3. The molecule has 0 saturated heterocycles. The van der Waals surface area contributed by atoms with Crippen LogP contribution in [0.15, 0.2) is 23.1 Å². The van der Waals surface area contributed by atoms with Crippen LogP contribution in [0.2, 0.25) is 5.02 Å². The average Bonchev–Trinajstić information content (AvgIpc) is 2.42. The molecule has 2 rings (SSSR count). The van der Waals surface area contributed by atoms with E-state index >= 15 is 0 Å². The molecule has 0 aliphatic heterocycles. The normalized spacial score (nSPS) is 23.0. The molecule has 1 fully saturated rings. The van der Waals surface area contributed by atoms with E-state index in [1.165, 1.54) is 6.07 Å². The van der Waals surface area contributed by atoms with Crippen LogP contribution in [0.1, 0.15) is 31.2 Å². The highest BCUT2D eigenvalue weighted by Crippen LogP contribution is 2.26. The zero-order chi connectivity index (χ0) is 15.6. The van der Waals surface area contributed by atoms with Crippen molar-refractivity contribution in [1.29, 1.82) is 0 Å². The molecule has 7 heteroatoms. The monoisotopic (exact) mass is 330 g/mol. The van der Waals surface area contributed by atoms with Crippen molar-refractivity contribution < 1.29 is 13.2 Å². The van der Waals surface area contributed by atoms with E-state index in [-0.39, 0.29) is 22.8 Å². The van der Waals surface area contributed by atoms with Crippen LogP contribution in [0.4, 0.5) is 0 Å². The smallest absolute Gasteiger partial charge is 0.240 e. The quantitative estimate of drug-likeness (QED) is 0.884. The van der Waals surface area contributed by atoms with Gasteiger partial charge >= 0.3 is 0 Å². The van der Waals surface area contributed by atoms with Gasteiger partial charge in [0.05, 0.1) is 4.90 Å². The number of rotatable bonds is 4. The van der Waals surface area contributed by atoms with Gasteiger partial charge in [0.2, 0.25) is 15.9 Å². The standard InChI is InChI=1S/C14H19ClN2O3S/c1-9-2-7-12(8-13(9)15)21(19,20)17-11-5-3-10(4-6-11)14(16)18/h2,7-8,10-11,17H,3-6H2,1H3,(H2,16,18). The molecule has 0 radical (unpaired) electrons. The van der Waals surface area contributed by atoms with Crippen molar-refractivity contribution >= 4 is 27.5 Å². The summed E-state index contributed by atoms with van der Waals surface area (Å²) >= 11 is 5.97. The fourth-order valence-electron chi connectivity index (χ4n) is 2.52. The molecule has 0 aromatic heterocycles. The first-order valence-corrected chi connectivity index (χ1v) is 8.73. The summed E-state index contributed by atoms with van der Waals surface area (Å²) in [5.41, 5.74) is 6.10. The molecule has 0 unspecified atom stereocenters. The van der Waals surface area contributed by atoms with Crippen LogP contribution in [-0.4, -0.2) is 20.4 Å². The van der Waals surface area contributed by atoms with Gasteiger partial charge in [0.15, 0.2) is 0 Å². The zero-order valence-electron chi connectivity index (χ0n) is 11.8. The Morgan fingerprint density at radius 2 is 1.90 bits per heavy atom. The number of nitrogens with one attached hydrogen (secondary N) is 1. The maximum absolute atomic E-state index is 12.3. The fraction of sp³-hybridized carbons (Fsp3) is 0.500. The highest BCUT2D eigenvalue weighted by molar-refractivity contribution is 7.89. The van der Waals surface area contributed by atoms with Crippen LogP contribution in [0.25, 0.3) is 0 Å². The molecule has 0 atom stereocenters. The Kier molecular flexibility index (Phi) is 4.91. The summed E-state index contributed by atoms with van der Waals surface area (Å²) in [5, 5.41) is 0.426. The molecule has 1 aromatic rings. The summed E-state index contributed by atoms with van der Waals surface area (Å²) in [6.07, 6.45) is 2.48. The molecule has 0 spiro atoms. The molecule has 5 nitrogen and oxygen atoms in total. The number of benzene rings is 1. The number of aryl methyl sites for hydroxylation is 1. The van der Waals surface area contributed by atoms with Crippen molar-refractivity contribution in [2.24, 2.45) is 11.7 Å². The van der Waals surface area contributed by atoms with Crippen LogP contribution >= 0.6 is 11.6 Å². The van der Waals surface area contributed by atoms with Gasteiger partial charge in [-0.25, -0.2) is 13.1 Å². The van der Waals surface area contributed by atoms with E-state index in [9.17, 15) is 13.2 Å². The Morgan fingerprint density at radius 1 is 1.29 bits per heavy atom. The van der Waals surface area contributed by atoms with Crippen LogP contribution in [0.3, 0.4) is 0 Å². The highest BCUT2D eigenvalue weighted by atomic mass is 35.5. The molecule has 3 N–H and O–H groups in total. The molecule has 1 amide bonds. The molecule has 21 heavy (non-hydrogen) atoms. The summed E-state index contributed by atoms with van der Waals surface area (Å²) in [4.78, 5) is 11.3. The Balaban J connectivity index is 2.05. The van der Waals surface area contributed by atoms with Crippen LogP contribution < -0.4 is 10.5 Å². The van der Waals surface area contributed by atoms with Gasteiger partial charge < -0.3 is 5.73 Å². The van der Waals surface area contributed by atoms with Crippen molar-refractivity contribution in [2.75, 3.05) is 0 Å². The van der Waals surface area contributed by atoms with Crippen molar-refractivity contribution in [3.8, 4) is 0 Å². The predicted octanol–water partition coefficient (Wildman–Crippen LogP) is 1.97. The van der Waals surface area contributed by atoms with Gasteiger partial charge in [-0.05, 0) is 50.3 Å². The zero-order valence-corrected chi connectivity index (χ0v) is 13.4. The van der Waals surface area contributed by atoms with Crippen LogP contribution in [0.5, 0.6) is 0 Å². The number of carbonyl (C=O) groups is 1. The number of primary amides is 1. The van der Waals surface area contributed by atoms with Crippen LogP contribution in [0, 0.1) is 12.8 Å². The Labute approximate surface area is 129 Å². The van der Waals surface area contributed by atoms with E-state index < -0.39 is 10.0 Å². The summed E-state index contributed by atoms with van der Waals surface area (Å²) in [6.45, 7) is 1.82. The van der Waals surface area contributed by atoms with Gasteiger partial charge in [-0.1, -0.05) is 17.7 Å². The lowest BCUT2D eigenvalue weighted by Gasteiger charge is -2.27. The molecular weight excluding hydrogens is 312 g/mol. The molecular formula is C14H19ClN2O3S. The molecule has 0 bridgehead atoms. The number of hydrogen-bond donors (Lipinski definition) is 2. The fourth-order valence-corrected chi connectivity index (χ4v) is 4.10. The Bertz CT molecular complexity index is 638. The SMILES string of the molecule is Cc1ccc(S(=O)(=O)NC2CCC(C(N)=O)CC2)cc1Cl. The minimum atomic E-state index is -3.59. The van der Waals surface area contributed by atoms with Crippen molar-refractivity contribution in [3.63, 3.8) is 0 Å². The minimum Gasteiger partial charge on any atom is -0.369 e. The van der Waals surface area contributed by atoms with Crippen molar-refractivity contribution in [2.45, 2.75) is 43.5 Å². The second-order valence-electron chi connectivity index (χ2n) is 5.48. The maximum Gasteiger partial charge on any atom is 0.240 e. The van der Waals surface area contributed by atoms with E-state index in [0.29, 0.717) is 30.7 Å². The summed E-state index contributed by atoms with van der Waals surface area (Å²) < 4.78 is 27.3. The summed E-state index contributed by atoms with van der Waals surface area (Å²) in [5.74, 6) is -0.443. The van der Waals surface area contributed by atoms with Crippen LogP contribution in [-0.2, 0) is 14.8 Å². The largest absolute Gasteiger partial charge is 0.369 e. The van der Waals surface area contributed by atoms with Crippen molar-refractivity contribution in [1.82, 2.24) is 4.72 Å². The topological polar surface area (TPSA) is 89.3 Å². The first kappa shape index (κ1) is 16.3. The molecule has 1 saturated carbocycles. The molecule has 0 heterocycles. The minimum absolute atomic E-state index is 0.139. The maximum atomic E-state index is 12.3. The number of nitrogens with two attached hydrogens (primary N) is 1. The second-order valence-corrected chi connectivity index (χ2v) is 7.60. The first-order valence-electron chi connectivity index (χ1n) is 6.87. The van der Waals surface area contributed by atoms with Gasteiger partial charge in [0.25, 0.3) is 0 Å². The van der Waals surface area contributed by atoms with Gasteiger partial charge in [-0.2, -0.15) is 0 Å². The van der Waals surface area contributed by atoms with Gasteiger partial charge in [0, 0.05) is 17.0 Å². The third-order valence-corrected chi connectivity index (χ3v) is 5.83. The third kappa shape index (κ3) is 3.96. The summed E-state index contributed by atoms with van der Waals surface area (Å²) in [6, 6.07) is 4.51. The van der Waals surface area contributed by atoms with E-state index in [2.05, 4.69) is 4.72 Å². The van der Waals surface area contributed by atoms with E-state index in [4.69, 9.17) is 17.3 Å². The molecule has 116 valence electrons. The van der Waals surface area contributed by atoms with Gasteiger partial charge in [-0.15, -0.1) is 0 Å². The summed E-state index contributed by atoms with van der Waals surface area (Å²) in [7, 11) is -3.59. The number of carbonyl (C=O) groups excluding carboxylic acids is 1. The third-order valence-electron chi connectivity index (χ3n) is 3.90. The first-order chi connectivity index (χ1) is 9.79. The van der Waals surface area contributed by atoms with Gasteiger partial charge in [-0.3, -0.25) is 4.79 Å². The second kappa shape index (κ2) is 6.34. The molecule has 1 aromatic carbocycles. The number of amides is 1. The lowest BCUT2D eigenvalue weighted by molar-refractivity contribution is -0.122.